The van der Waals surface area contributed by atoms with E-state index in [1.807, 2.05) is 5.06 Å². The van der Waals surface area contributed by atoms with Crippen LogP contribution in [-0.4, -0.2) is 66.4 Å². The van der Waals surface area contributed by atoms with Crippen molar-refractivity contribution in [3.05, 3.63) is 71.3 Å². The molecule has 5 heteroatoms. The van der Waals surface area contributed by atoms with Gasteiger partial charge >= 0.3 is 0 Å². The third kappa shape index (κ3) is 9.80. The lowest BCUT2D eigenvalue weighted by atomic mass is 10.00. The molecule has 1 atom stereocenters. The van der Waals surface area contributed by atoms with E-state index in [4.69, 9.17) is 9.94 Å². The normalized spacial score (nSPS) is 12.9. The molecule has 2 rings (SSSR count). The van der Waals surface area contributed by atoms with Crippen LogP contribution in [0.1, 0.15) is 43.9 Å². The van der Waals surface area contributed by atoms with Gasteiger partial charge in [0.05, 0.1) is 13.2 Å². The summed E-state index contributed by atoms with van der Waals surface area (Å²) in [5.74, 6) is 0.645. The van der Waals surface area contributed by atoms with Crippen molar-refractivity contribution in [3.63, 3.8) is 0 Å². The number of aliphatic hydroxyl groups is 1. The third-order valence-electron chi connectivity index (χ3n) is 5.52. The van der Waals surface area contributed by atoms with Crippen LogP contribution in [0.25, 0.3) is 0 Å². The van der Waals surface area contributed by atoms with Gasteiger partial charge in [-0.3, -0.25) is 9.74 Å². The number of rotatable bonds is 15. The SMILES string of the molecule is CCN(Cc1cccc(CN(Cc2ccccc2)[C@@H](CC(C)C)CN(C)C)c1)OCCO. The number of likely N-dealkylation sites (N-methyl/N-ethyl adjacent to an activating group) is 1. The van der Waals surface area contributed by atoms with Crippen LogP contribution in [0.4, 0.5) is 0 Å². The van der Waals surface area contributed by atoms with Gasteiger partial charge in [0.15, 0.2) is 0 Å². The molecule has 0 aliphatic rings. The Morgan fingerprint density at radius 3 is 2.09 bits per heavy atom. The molecular weight excluding hydrogens is 398 g/mol. The van der Waals surface area contributed by atoms with Gasteiger partial charge in [-0.2, -0.15) is 5.06 Å². The monoisotopic (exact) mass is 441 g/mol. The first-order chi connectivity index (χ1) is 15.4. The Balaban J connectivity index is 2.21. The van der Waals surface area contributed by atoms with Crippen molar-refractivity contribution in [2.75, 3.05) is 40.4 Å². The van der Waals surface area contributed by atoms with E-state index in [2.05, 4.69) is 99.3 Å². The number of nitrogens with zero attached hydrogens (tertiary/aromatic N) is 3. The molecule has 2 aromatic rings. The molecule has 0 aliphatic carbocycles. The summed E-state index contributed by atoms with van der Waals surface area (Å²) in [4.78, 5) is 10.6. The van der Waals surface area contributed by atoms with Gasteiger partial charge in [0, 0.05) is 38.8 Å². The number of hydroxylamine groups is 2. The maximum absolute atomic E-state index is 9.06. The molecule has 0 radical (unpaired) electrons. The average Bonchev–Trinajstić information content (AvgIpc) is 2.76. The molecule has 32 heavy (non-hydrogen) atoms. The summed E-state index contributed by atoms with van der Waals surface area (Å²) < 4.78 is 0. The van der Waals surface area contributed by atoms with Gasteiger partial charge in [-0.1, -0.05) is 75.4 Å². The highest BCUT2D eigenvalue weighted by Crippen LogP contribution is 2.20. The van der Waals surface area contributed by atoms with Crippen molar-refractivity contribution < 1.29 is 9.94 Å². The Morgan fingerprint density at radius 1 is 0.875 bits per heavy atom. The molecule has 0 unspecified atom stereocenters. The van der Waals surface area contributed by atoms with Gasteiger partial charge in [0.1, 0.15) is 0 Å². The molecule has 0 bridgehead atoms. The van der Waals surface area contributed by atoms with Gasteiger partial charge in [-0.05, 0) is 43.1 Å². The highest BCUT2D eigenvalue weighted by molar-refractivity contribution is 5.24. The fraction of sp³-hybridized carbons (Fsp3) is 0.556. The van der Waals surface area contributed by atoms with Gasteiger partial charge in [-0.15, -0.1) is 0 Å². The summed E-state index contributed by atoms with van der Waals surface area (Å²) in [6.07, 6.45) is 1.17. The Hall–Kier alpha value is -1.76. The Kier molecular flexibility index (Phi) is 11.9. The lowest BCUT2D eigenvalue weighted by Gasteiger charge is -2.35. The minimum absolute atomic E-state index is 0.0358. The van der Waals surface area contributed by atoms with Gasteiger partial charge in [0.25, 0.3) is 0 Å². The quantitative estimate of drug-likeness (QED) is 0.415. The van der Waals surface area contributed by atoms with Crippen LogP contribution in [0.3, 0.4) is 0 Å². The molecule has 178 valence electrons. The maximum Gasteiger partial charge on any atom is 0.0916 e. The van der Waals surface area contributed by atoms with Crippen LogP contribution in [0.5, 0.6) is 0 Å². The van der Waals surface area contributed by atoms with Crippen molar-refractivity contribution in [1.82, 2.24) is 14.9 Å². The van der Waals surface area contributed by atoms with Crippen LogP contribution in [0, 0.1) is 5.92 Å². The molecule has 0 heterocycles. The van der Waals surface area contributed by atoms with Crippen LogP contribution in [0.15, 0.2) is 54.6 Å². The van der Waals surface area contributed by atoms with E-state index in [1.165, 1.54) is 23.1 Å². The summed E-state index contributed by atoms with van der Waals surface area (Å²) in [6.45, 7) is 11.5. The average molecular weight is 442 g/mol. The van der Waals surface area contributed by atoms with E-state index in [-0.39, 0.29) is 6.61 Å². The summed E-state index contributed by atoms with van der Waals surface area (Å²) in [5, 5.41) is 11.0. The molecule has 1 N–H and O–H groups in total. The highest BCUT2D eigenvalue weighted by atomic mass is 16.7. The summed E-state index contributed by atoms with van der Waals surface area (Å²) in [5.41, 5.74) is 3.91. The summed E-state index contributed by atoms with van der Waals surface area (Å²) in [7, 11) is 4.33. The van der Waals surface area contributed by atoms with Gasteiger partial charge in [-0.25, -0.2) is 0 Å². The minimum atomic E-state index is 0.0358. The van der Waals surface area contributed by atoms with E-state index < -0.39 is 0 Å². The molecular formula is C27H43N3O2. The van der Waals surface area contributed by atoms with E-state index in [0.29, 0.717) is 18.6 Å². The van der Waals surface area contributed by atoms with Gasteiger partial charge in [0.2, 0.25) is 0 Å². The fourth-order valence-electron chi connectivity index (χ4n) is 4.12. The second kappa shape index (κ2) is 14.4. The van der Waals surface area contributed by atoms with Crippen molar-refractivity contribution in [2.24, 2.45) is 5.92 Å². The highest BCUT2D eigenvalue weighted by Gasteiger charge is 2.21. The van der Waals surface area contributed by atoms with Crippen LogP contribution < -0.4 is 0 Å². The maximum atomic E-state index is 9.06. The molecule has 5 nitrogen and oxygen atoms in total. The Bertz CT molecular complexity index is 742. The third-order valence-corrected chi connectivity index (χ3v) is 5.52. The van der Waals surface area contributed by atoms with Gasteiger partial charge < -0.3 is 10.0 Å². The number of benzene rings is 2. The Morgan fingerprint density at radius 2 is 1.50 bits per heavy atom. The molecule has 0 aromatic heterocycles. The predicted molar refractivity (Wildman–Crippen MR) is 133 cm³/mol. The van der Waals surface area contributed by atoms with Crippen molar-refractivity contribution in [1.29, 1.82) is 0 Å². The number of hydrogen-bond acceptors (Lipinski definition) is 5. The summed E-state index contributed by atoms with van der Waals surface area (Å²) >= 11 is 0. The fourth-order valence-corrected chi connectivity index (χ4v) is 4.12. The molecule has 2 aromatic carbocycles. The second-order valence-corrected chi connectivity index (χ2v) is 9.27. The molecule has 0 saturated carbocycles. The second-order valence-electron chi connectivity index (χ2n) is 9.27. The van der Waals surface area contributed by atoms with Crippen LogP contribution in [0.2, 0.25) is 0 Å². The van der Waals surface area contributed by atoms with Crippen LogP contribution in [-0.2, 0) is 24.5 Å². The smallest absolute Gasteiger partial charge is 0.0916 e. The van der Waals surface area contributed by atoms with Crippen LogP contribution >= 0.6 is 0 Å². The molecule has 0 fully saturated rings. The van der Waals surface area contributed by atoms with E-state index in [9.17, 15) is 0 Å². The van der Waals surface area contributed by atoms with E-state index in [0.717, 1.165) is 32.7 Å². The van der Waals surface area contributed by atoms with Crippen molar-refractivity contribution in [3.8, 4) is 0 Å². The number of aliphatic hydroxyl groups excluding tert-OH is 1. The Labute approximate surface area is 195 Å². The minimum Gasteiger partial charge on any atom is -0.394 e. The summed E-state index contributed by atoms with van der Waals surface area (Å²) in [6, 6.07) is 20.1. The molecule has 0 spiro atoms. The molecule has 0 saturated heterocycles. The number of hydrogen-bond donors (Lipinski definition) is 1. The predicted octanol–water partition coefficient (Wildman–Crippen LogP) is 4.41. The lowest BCUT2D eigenvalue weighted by Crippen LogP contribution is -2.42. The molecule has 0 amide bonds. The van der Waals surface area contributed by atoms with E-state index in [1.54, 1.807) is 0 Å². The first-order valence-electron chi connectivity index (χ1n) is 11.9. The largest absolute Gasteiger partial charge is 0.394 e. The lowest BCUT2D eigenvalue weighted by molar-refractivity contribution is -0.169. The first-order valence-corrected chi connectivity index (χ1v) is 11.9. The van der Waals surface area contributed by atoms with Crippen molar-refractivity contribution in [2.45, 2.75) is 52.9 Å². The zero-order valence-electron chi connectivity index (χ0n) is 20.7. The van der Waals surface area contributed by atoms with Crippen molar-refractivity contribution >= 4 is 0 Å². The zero-order valence-corrected chi connectivity index (χ0v) is 20.7. The zero-order chi connectivity index (χ0) is 23.3. The topological polar surface area (TPSA) is 39.2 Å². The molecule has 0 aliphatic heterocycles. The first kappa shape index (κ1) is 26.5. The standard InChI is InChI=1S/C27H43N3O2/c1-6-30(32-16-15-31)21-26-14-10-13-25(18-26)20-29(19-24-11-8-7-9-12-24)27(17-23(2)3)22-28(4)5/h7-14,18,23,27,31H,6,15-17,19-22H2,1-5H3/t27-/m0/s1. The van der Waals surface area contributed by atoms with E-state index >= 15 is 0 Å².